The summed E-state index contributed by atoms with van der Waals surface area (Å²) in [6.45, 7) is 6.51. The summed E-state index contributed by atoms with van der Waals surface area (Å²) in [5, 5.41) is 0. The Morgan fingerprint density at radius 1 is 0.879 bits per heavy atom. The van der Waals surface area contributed by atoms with Crippen LogP contribution in [0.4, 0.5) is 0 Å². The highest BCUT2D eigenvalue weighted by Crippen LogP contribution is 2.34. The van der Waals surface area contributed by atoms with Crippen molar-refractivity contribution in [1.29, 1.82) is 0 Å². The number of amides is 1. The van der Waals surface area contributed by atoms with E-state index in [0.29, 0.717) is 13.3 Å². The Labute approximate surface area is 194 Å². The first kappa shape index (κ1) is 21.9. The topological polar surface area (TPSA) is 63.7 Å². The third kappa shape index (κ3) is 4.72. The third-order valence-corrected chi connectivity index (χ3v) is 6.72. The van der Waals surface area contributed by atoms with Crippen molar-refractivity contribution < 1.29 is 23.7 Å². The van der Waals surface area contributed by atoms with E-state index < -0.39 is 0 Å². The SMILES string of the molecule is COc1cc2c(cc1OC)CN(CC(=O)N1CCN(Cc3ccc4c(c3)OCO4)CC1)CC2. The zero-order chi connectivity index (χ0) is 22.8. The van der Waals surface area contributed by atoms with Gasteiger partial charge < -0.3 is 23.8 Å². The summed E-state index contributed by atoms with van der Waals surface area (Å²) in [6, 6.07) is 10.2. The van der Waals surface area contributed by atoms with Gasteiger partial charge in [0.25, 0.3) is 0 Å². The Balaban J connectivity index is 1.12. The maximum atomic E-state index is 13.0. The van der Waals surface area contributed by atoms with Gasteiger partial charge in [-0.3, -0.25) is 14.6 Å². The zero-order valence-electron chi connectivity index (χ0n) is 19.3. The van der Waals surface area contributed by atoms with Crippen LogP contribution in [0, 0.1) is 0 Å². The fourth-order valence-electron chi connectivity index (χ4n) is 4.82. The van der Waals surface area contributed by atoms with Crippen LogP contribution in [0.15, 0.2) is 30.3 Å². The first-order valence-electron chi connectivity index (χ1n) is 11.5. The molecule has 0 aliphatic carbocycles. The molecular formula is C25H31N3O5. The second-order valence-electron chi connectivity index (χ2n) is 8.78. The zero-order valence-corrected chi connectivity index (χ0v) is 19.3. The second-order valence-corrected chi connectivity index (χ2v) is 8.78. The van der Waals surface area contributed by atoms with Crippen molar-refractivity contribution in [2.75, 3.05) is 60.3 Å². The molecule has 1 amide bonds. The molecule has 2 aromatic carbocycles. The van der Waals surface area contributed by atoms with Gasteiger partial charge in [0.05, 0.1) is 20.8 Å². The molecule has 3 heterocycles. The maximum absolute atomic E-state index is 13.0. The molecule has 5 rings (SSSR count). The van der Waals surface area contributed by atoms with Crippen LogP contribution in [0.1, 0.15) is 16.7 Å². The highest BCUT2D eigenvalue weighted by Gasteiger charge is 2.26. The number of hydrogen-bond acceptors (Lipinski definition) is 7. The molecule has 0 radical (unpaired) electrons. The number of nitrogens with zero attached hydrogens (tertiary/aromatic N) is 3. The monoisotopic (exact) mass is 453 g/mol. The van der Waals surface area contributed by atoms with Crippen LogP contribution in [0.5, 0.6) is 23.0 Å². The van der Waals surface area contributed by atoms with E-state index in [2.05, 4.69) is 28.0 Å². The molecule has 8 nitrogen and oxygen atoms in total. The number of hydrogen-bond donors (Lipinski definition) is 0. The van der Waals surface area contributed by atoms with Crippen molar-refractivity contribution in [2.45, 2.75) is 19.5 Å². The number of fused-ring (bicyclic) bond motifs is 2. The molecule has 1 fully saturated rings. The second kappa shape index (κ2) is 9.49. The quantitative estimate of drug-likeness (QED) is 0.664. The first-order chi connectivity index (χ1) is 16.1. The highest BCUT2D eigenvalue weighted by molar-refractivity contribution is 5.78. The standard InChI is InChI=1S/C25H31N3O5/c1-30-22-12-19-5-6-27(15-20(19)13-23(22)31-2)16-25(29)28-9-7-26(8-10-28)14-18-3-4-21-24(11-18)33-17-32-21/h3-4,11-13H,5-10,14-17H2,1-2H3. The predicted molar refractivity (Wildman–Crippen MR) is 123 cm³/mol. The highest BCUT2D eigenvalue weighted by atomic mass is 16.7. The predicted octanol–water partition coefficient (Wildman–Crippen LogP) is 2.13. The van der Waals surface area contributed by atoms with Gasteiger partial charge in [0.15, 0.2) is 23.0 Å². The molecule has 0 aromatic heterocycles. The largest absolute Gasteiger partial charge is 0.493 e. The van der Waals surface area contributed by atoms with Gasteiger partial charge >= 0.3 is 0 Å². The number of ether oxygens (including phenoxy) is 4. The van der Waals surface area contributed by atoms with Gasteiger partial charge in [0.2, 0.25) is 12.7 Å². The van der Waals surface area contributed by atoms with Gasteiger partial charge in [-0.15, -0.1) is 0 Å². The minimum absolute atomic E-state index is 0.210. The molecule has 3 aliphatic heterocycles. The molecule has 176 valence electrons. The maximum Gasteiger partial charge on any atom is 0.236 e. The molecule has 0 unspecified atom stereocenters. The Kier molecular flexibility index (Phi) is 6.28. The van der Waals surface area contributed by atoms with Crippen molar-refractivity contribution in [3.05, 3.63) is 47.0 Å². The van der Waals surface area contributed by atoms with Crippen molar-refractivity contribution in [2.24, 2.45) is 0 Å². The minimum Gasteiger partial charge on any atom is -0.493 e. The number of rotatable bonds is 6. The lowest BCUT2D eigenvalue weighted by atomic mass is 9.98. The lowest BCUT2D eigenvalue weighted by Crippen LogP contribution is -2.51. The summed E-state index contributed by atoms with van der Waals surface area (Å²) in [4.78, 5) is 19.6. The van der Waals surface area contributed by atoms with E-state index in [1.54, 1.807) is 14.2 Å². The van der Waals surface area contributed by atoms with Crippen molar-refractivity contribution in [3.63, 3.8) is 0 Å². The summed E-state index contributed by atoms with van der Waals surface area (Å²) in [5.74, 6) is 3.34. The van der Waals surface area contributed by atoms with Crippen molar-refractivity contribution in [1.82, 2.24) is 14.7 Å². The van der Waals surface area contributed by atoms with Crippen LogP contribution in [0.2, 0.25) is 0 Å². The molecule has 0 bridgehead atoms. The Hall–Kier alpha value is -2.97. The summed E-state index contributed by atoms with van der Waals surface area (Å²) >= 11 is 0. The first-order valence-corrected chi connectivity index (χ1v) is 11.5. The number of methoxy groups -OCH3 is 2. The van der Waals surface area contributed by atoms with Gasteiger partial charge in [-0.25, -0.2) is 0 Å². The lowest BCUT2D eigenvalue weighted by Gasteiger charge is -2.36. The lowest BCUT2D eigenvalue weighted by molar-refractivity contribution is -0.134. The van der Waals surface area contributed by atoms with Gasteiger partial charge in [-0.1, -0.05) is 6.07 Å². The summed E-state index contributed by atoms with van der Waals surface area (Å²) in [7, 11) is 3.31. The van der Waals surface area contributed by atoms with Crippen LogP contribution in [0.3, 0.4) is 0 Å². The number of piperazine rings is 1. The molecule has 1 saturated heterocycles. The van der Waals surface area contributed by atoms with Crippen LogP contribution < -0.4 is 18.9 Å². The molecule has 0 N–H and O–H groups in total. The number of benzene rings is 2. The summed E-state index contributed by atoms with van der Waals surface area (Å²) < 4.78 is 21.8. The van der Waals surface area contributed by atoms with Gasteiger partial charge in [0, 0.05) is 45.8 Å². The fraction of sp³-hybridized carbons (Fsp3) is 0.480. The third-order valence-electron chi connectivity index (χ3n) is 6.72. The number of carbonyl (C=O) groups is 1. The summed E-state index contributed by atoms with van der Waals surface area (Å²) in [5.41, 5.74) is 3.69. The van der Waals surface area contributed by atoms with E-state index >= 15 is 0 Å². The van der Waals surface area contributed by atoms with E-state index in [9.17, 15) is 4.79 Å². The van der Waals surface area contributed by atoms with E-state index in [1.807, 2.05) is 17.0 Å². The van der Waals surface area contributed by atoms with Crippen LogP contribution in [-0.4, -0.2) is 80.9 Å². The molecule has 0 saturated carbocycles. The van der Waals surface area contributed by atoms with Crippen LogP contribution in [0.25, 0.3) is 0 Å². The Morgan fingerprint density at radius 2 is 1.61 bits per heavy atom. The van der Waals surface area contributed by atoms with Crippen LogP contribution >= 0.6 is 0 Å². The fourth-order valence-corrected chi connectivity index (χ4v) is 4.82. The molecule has 0 spiro atoms. The van der Waals surface area contributed by atoms with Crippen molar-refractivity contribution >= 4 is 5.91 Å². The average Bonchev–Trinajstić information content (AvgIpc) is 3.31. The molecular weight excluding hydrogens is 422 g/mol. The number of carbonyl (C=O) groups excluding carboxylic acids is 1. The van der Waals surface area contributed by atoms with Gasteiger partial charge in [-0.05, 0) is 47.4 Å². The van der Waals surface area contributed by atoms with Gasteiger partial charge in [-0.2, -0.15) is 0 Å². The van der Waals surface area contributed by atoms with Crippen LogP contribution in [-0.2, 0) is 24.3 Å². The van der Waals surface area contributed by atoms with E-state index in [1.165, 1.54) is 16.7 Å². The van der Waals surface area contributed by atoms with E-state index in [0.717, 1.165) is 75.2 Å². The molecule has 2 aromatic rings. The minimum atomic E-state index is 0.210. The molecule has 0 atom stereocenters. The Bertz CT molecular complexity index is 1020. The average molecular weight is 454 g/mol. The van der Waals surface area contributed by atoms with E-state index in [4.69, 9.17) is 18.9 Å². The normalized spacial score (nSPS) is 18.2. The smallest absolute Gasteiger partial charge is 0.236 e. The molecule has 33 heavy (non-hydrogen) atoms. The van der Waals surface area contributed by atoms with Crippen molar-refractivity contribution in [3.8, 4) is 23.0 Å². The van der Waals surface area contributed by atoms with E-state index in [-0.39, 0.29) is 5.91 Å². The Morgan fingerprint density at radius 3 is 2.36 bits per heavy atom. The summed E-state index contributed by atoms with van der Waals surface area (Å²) in [6.07, 6.45) is 0.909. The molecule has 3 aliphatic rings. The molecule has 8 heteroatoms. The van der Waals surface area contributed by atoms with Gasteiger partial charge in [0.1, 0.15) is 0 Å².